The molecule has 34 heavy (non-hydrogen) atoms. The lowest BCUT2D eigenvalue weighted by Crippen LogP contribution is -2.60. The van der Waals surface area contributed by atoms with Crippen LogP contribution in [0.2, 0.25) is 0 Å². The number of anilines is 1. The highest BCUT2D eigenvalue weighted by atomic mass is 32.2. The number of benzene rings is 1. The minimum Gasteiger partial charge on any atom is -0.338 e. The second-order valence-electron chi connectivity index (χ2n) is 10.7. The standard InChI is InChI=1S/C26H34N4O3S/c1-34(32,33)27-22-7-4-9-24-21(22)10-13-29(24)17-25(31)30-12-5-6-18-14-19-15-20(26(18)30)16-28-11-3-2-8-23(19)28/h4,7,9-10,13-14,19-20,23,26-27H,2-3,5-6,8,11-12,15-17H2,1H3. The molecule has 6 rings (SSSR count). The molecule has 4 aliphatic rings. The van der Waals surface area contributed by atoms with E-state index in [1.807, 2.05) is 29.0 Å². The molecule has 1 amide bonds. The van der Waals surface area contributed by atoms with Crippen molar-refractivity contribution in [3.8, 4) is 0 Å². The maximum Gasteiger partial charge on any atom is 0.243 e. The number of carbonyl (C=O) groups is 1. The van der Waals surface area contributed by atoms with Crippen LogP contribution in [0.5, 0.6) is 0 Å². The van der Waals surface area contributed by atoms with E-state index in [4.69, 9.17) is 0 Å². The van der Waals surface area contributed by atoms with Gasteiger partial charge >= 0.3 is 0 Å². The zero-order chi connectivity index (χ0) is 23.4. The minimum atomic E-state index is -3.37. The maximum atomic E-state index is 13.7. The summed E-state index contributed by atoms with van der Waals surface area (Å²) in [7, 11) is -3.37. The second kappa shape index (κ2) is 8.41. The number of sulfonamides is 1. The van der Waals surface area contributed by atoms with E-state index in [1.165, 1.54) is 37.8 Å². The van der Waals surface area contributed by atoms with Gasteiger partial charge in [0, 0.05) is 30.7 Å². The Hall–Kier alpha value is -2.32. The van der Waals surface area contributed by atoms with Crippen LogP contribution in [0, 0.1) is 11.8 Å². The van der Waals surface area contributed by atoms with Crippen molar-refractivity contribution in [2.45, 2.75) is 57.2 Å². The van der Waals surface area contributed by atoms with Gasteiger partial charge in [-0.15, -0.1) is 0 Å². The molecule has 2 aromatic rings. The number of nitrogens with one attached hydrogen (secondary N) is 1. The number of nitrogens with zero attached hydrogens (tertiary/aromatic N) is 3. The SMILES string of the molecule is CS(=O)(=O)Nc1cccc2c1ccn2CC(=O)N1CCCC2=CC3CC(CN4CCCCC34)C21. The molecule has 4 unspecified atom stereocenters. The summed E-state index contributed by atoms with van der Waals surface area (Å²) in [4.78, 5) is 18.5. The smallest absolute Gasteiger partial charge is 0.243 e. The van der Waals surface area contributed by atoms with Crippen molar-refractivity contribution in [2.24, 2.45) is 11.8 Å². The van der Waals surface area contributed by atoms with E-state index in [0.29, 0.717) is 23.6 Å². The van der Waals surface area contributed by atoms with Crippen molar-refractivity contribution in [3.63, 3.8) is 0 Å². The number of likely N-dealkylation sites (tertiary alicyclic amines) is 1. The van der Waals surface area contributed by atoms with Crippen LogP contribution >= 0.6 is 0 Å². The van der Waals surface area contributed by atoms with Gasteiger partial charge in [0.05, 0.1) is 23.5 Å². The van der Waals surface area contributed by atoms with Gasteiger partial charge in [0.15, 0.2) is 0 Å². The summed E-state index contributed by atoms with van der Waals surface area (Å²) in [5.41, 5.74) is 2.92. The predicted octanol–water partition coefficient (Wildman–Crippen LogP) is 3.43. The summed E-state index contributed by atoms with van der Waals surface area (Å²) in [6.07, 6.45) is 13.0. The monoisotopic (exact) mass is 482 g/mol. The fourth-order valence-corrected chi connectivity index (χ4v) is 7.72. The van der Waals surface area contributed by atoms with Crippen LogP contribution in [0.15, 0.2) is 42.1 Å². The molecular formula is C26H34N4O3S. The number of amides is 1. The normalized spacial score (nSPS) is 29.3. The van der Waals surface area contributed by atoms with Crippen molar-refractivity contribution in [1.29, 1.82) is 0 Å². The molecule has 4 atom stereocenters. The number of piperidine rings is 3. The second-order valence-corrected chi connectivity index (χ2v) is 12.4. The largest absolute Gasteiger partial charge is 0.338 e. The van der Waals surface area contributed by atoms with Crippen molar-refractivity contribution in [1.82, 2.24) is 14.4 Å². The number of hydrogen-bond donors (Lipinski definition) is 1. The molecule has 3 aliphatic heterocycles. The summed E-state index contributed by atoms with van der Waals surface area (Å²) in [5.74, 6) is 1.36. The van der Waals surface area contributed by atoms with E-state index < -0.39 is 10.0 Å². The first kappa shape index (κ1) is 22.2. The third kappa shape index (κ3) is 3.94. The topological polar surface area (TPSA) is 74.6 Å². The van der Waals surface area contributed by atoms with Crippen molar-refractivity contribution < 1.29 is 13.2 Å². The average Bonchev–Trinajstić information content (AvgIpc) is 3.21. The zero-order valence-corrected chi connectivity index (χ0v) is 20.6. The van der Waals surface area contributed by atoms with Crippen LogP contribution < -0.4 is 4.72 Å². The lowest BCUT2D eigenvalue weighted by atomic mass is 9.68. The van der Waals surface area contributed by atoms with Crippen LogP contribution in [0.3, 0.4) is 0 Å². The van der Waals surface area contributed by atoms with E-state index >= 15 is 0 Å². The van der Waals surface area contributed by atoms with E-state index in [2.05, 4.69) is 20.6 Å². The lowest BCUT2D eigenvalue weighted by Gasteiger charge is -2.54. The van der Waals surface area contributed by atoms with E-state index in [0.717, 1.165) is 43.1 Å². The molecule has 3 saturated heterocycles. The highest BCUT2D eigenvalue weighted by molar-refractivity contribution is 7.92. The van der Waals surface area contributed by atoms with Gasteiger partial charge in [-0.2, -0.15) is 0 Å². The average molecular weight is 483 g/mol. The van der Waals surface area contributed by atoms with Gasteiger partial charge in [-0.05, 0) is 68.7 Å². The van der Waals surface area contributed by atoms with E-state index in [-0.39, 0.29) is 18.5 Å². The molecule has 1 aromatic heterocycles. The molecular weight excluding hydrogens is 448 g/mol. The Balaban J connectivity index is 1.25. The van der Waals surface area contributed by atoms with Gasteiger partial charge in [-0.25, -0.2) is 8.42 Å². The van der Waals surface area contributed by atoms with Crippen LogP contribution in [0.1, 0.15) is 38.5 Å². The van der Waals surface area contributed by atoms with Gasteiger partial charge in [-0.3, -0.25) is 14.4 Å². The predicted molar refractivity (Wildman–Crippen MR) is 134 cm³/mol. The third-order valence-corrected chi connectivity index (χ3v) is 8.98. The highest BCUT2D eigenvalue weighted by Crippen LogP contribution is 2.45. The molecule has 7 nitrogen and oxygen atoms in total. The van der Waals surface area contributed by atoms with Gasteiger partial charge in [0.2, 0.25) is 15.9 Å². The van der Waals surface area contributed by atoms with Crippen LogP contribution in [-0.4, -0.2) is 66.7 Å². The number of aromatic nitrogens is 1. The fraction of sp³-hybridized carbons (Fsp3) is 0.577. The summed E-state index contributed by atoms with van der Waals surface area (Å²) in [6, 6.07) is 8.37. The van der Waals surface area contributed by atoms with Crippen molar-refractivity contribution in [2.75, 3.05) is 30.6 Å². The van der Waals surface area contributed by atoms with E-state index in [1.54, 1.807) is 6.07 Å². The molecule has 2 bridgehead atoms. The van der Waals surface area contributed by atoms with Crippen LogP contribution in [0.4, 0.5) is 5.69 Å². The lowest BCUT2D eigenvalue weighted by molar-refractivity contribution is -0.136. The Bertz CT molecular complexity index is 1250. The molecule has 0 radical (unpaired) electrons. The quantitative estimate of drug-likeness (QED) is 0.678. The van der Waals surface area contributed by atoms with Crippen molar-refractivity contribution >= 4 is 32.5 Å². The fourth-order valence-electron chi connectivity index (χ4n) is 7.14. The summed E-state index contributed by atoms with van der Waals surface area (Å²) in [5, 5.41) is 0.809. The number of rotatable bonds is 4. The molecule has 1 N–H and O–H groups in total. The molecule has 0 spiro atoms. The zero-order valence-electron chi connectivity index (χ0n) is 19.8. The number of carbonyl (C=O) groups excluding carboxylic acids is 1. The molecule has 182 valence electrons. The molecule has 8 heteroatoms. The Kier molecular flexibility index (Phi) is 5.48. The Morgan fingerprint density at radius 1 is 1.15 bits per heavy atom. The number of fused-ring (bicyclic) bond motifs is 7. The Morgan fingerprint density at radius 2 is 2.03 bits per heavy atom. The summed E-state index contributed by atoms with van der Waals surface area (Å²) < 4.78 is 28.1. The molecule has 1 aliphatic carbocycles. The summed E-state index contributed by atoms with van der Waals surface area (Å²) >= 11 is 0. The van der Waals surface area contributed by atoms with Gasteiger partial charge in [0.25, 0.3) is 0 Å². The molecule has 3 fully saturated rings. The third-order valence-electron chi connectivity index (χ3n) is 8.39. The van der Waals surface area contributed by atoms with Gasteiger partial charge in [0.1, 0.15) is 6.54 Å². The minimum absolute atomic E-state index is 0.161. The molecule has 1 aromatic carbocycles. The molecule has 0 saturated carbocycles. The van der Waals surface area contributed by atoms with E-state index in [9.17, 15) is 13.2 Å². The Morgan fingerprint density at radius 3 is 2.88 bits per heavy atom. The van der Waals surface area contributed by atoms with Crippen LogP contribution in [0.25, 0.3) is 10.9 Å². The molecule has 4 heterocycles. The van der Waals surface area contributed by atoms with Gasteiger partial charge < -0.3 is 9.47 Å². The Labute approximate surface area is 201 Å². The summed E-state index contributed by atoms with van der Waals surface area (Å²) in [6.45, 7) is 3.43. The van der Waals surface area contributed by atoms with Gasteiger partial charge in [-0.1, -0.05) is 24.1 Å². The first-order valence-electron chi connectivity index (χ1n) is 12.7. The maximum absolute atomic E-state index is 13.7. The van der Waals surface area contributed by atoms with Crippen molar-refractivity contribution in [3.05, 3.63) is 42.1 Å². The first-order valence-corrected chi connectivity index (χ1v) is 14.6. The number of hydrogen-bond acceptors (Lipinski definition) is 4. The van der Waals surface area contributed by atoms with Crippen LogP contribution in [-0.2, 0) is 21.4 Å². The highest BCUT2D eigenvalue weighted by Gasteiger charge is 2.46. The first-order chi connectivity index (χ1) is 16.4.